The van der Waals surface area contributed by atoms with Gasteiger partial charge in [0.1, 0.15) is 5.75 Å². The van der Waals surface area contributed by atoms with E-state index in [0.717, 1.165) is 25.7 Å². The number of hydrogen-bond acceptors (Lipinski definition) is 3. The van der Waals surface area contributed by atoms with Crippen LogP contribution in [0.3, 0.4) is 0 Å². The Labute approximate surface area is 144 Å². The molecule has 1 aromatic rings. The van der Waals surface area contributed by atoms with Crippen LogP contribution in [-0.4, -0.2) is 43.3 Å². The summed E-state index contributed by atoms with van der Waals surface area (Å²) in [5, 5.41) is 2.82. The first kappa shape index (κ1) is 18.9. The molecule has 1 saturated heterocycles. The first-order valence-electron chi connectivity index (χ1n) is 7.73. The lowest BCUT2D eigenvalue weighted by atomic mass is 10.2. The number of likely N-dealkylation sites (tertiary alicyclic amines) is 1. The van der Waals surface area contributed by atoms with Gasteiger partial charge in [-0.25, -0.2) is 0 Å². The average molecular weight is 365 g/mol. The summed E-state index contributed by atoms with van der Waals surface area (Å²) >= 11 is 0. The molecule has 2 atom stereocenters. The highest BCUT2D eigenvalue weighted by atomic mass is 35.5. The van der Waals surface area contributed by atoms with Crippen molar-refractivity contribution in [3.05, 3.63) is 29.8 Å². The Morgan fingerprint density at radius 1 is 1.33 bits per heavy atom. The lowest BCUT2D eigenvalue weighted by Gasteiger charge is -2.17. The predicted octanol–water partition coefficient (Wildman–Crippen LogP) is 2.93. The van der Waals surface area contributed by atoms with Crippen molar-refractivity contribution in [3.63, 3.8) is 0 Å². The molecule has 134 valence electrons. The molecule has 1 aromatic carbocycles. The summed E-state index contributed by atoms with van der Waals surface area (Å²) < 4.78 is 40.4. The quantitative estimate of drug-likeness (QED) is 0.873. The molecule has 2 fully saturated rings. The number of benzene rings is 1. The van der Waals surface area contributed by atoms with Crippen molar-refractivity contribution >= 4 is 18.3 Å². The van der Waals surface area contributed by atoms with Gasteiger partial charge in [-0.2, -0.15) is 0 Å². The monoisotopic (exact) mass is 364 g/mol. The van der Waals surface area contributed by atoms with Gasteiger partial charge in [0.15, 0.2) is 0 Å². The van der Waals surface area contributed by atoms with E-state index in [9.17, 15) is 18.0 Å². The van der Waals surface area contributed by atoms with E-state index < -0.39 is 6.36 Å². The van der Waals surface area contributed by atoms with Crippen LogP contribution in [0.1, 0.15) is 17.3 Å². The number of ether oxygens (including phenoxy) is 1. The molecule has 0 spiro atoms. The molecule has 4 nitrogen and oxygen atoms in total. The van der Waals surface area contributed by atoms with Crippen LogP contribution < -0.4 is 10.1 Å². The predicted molar refractivity (Wildman–Crippen MR) is 85.3 cm³/mol. The summed E-state index contributed by atoms with van der Waals surface area (Å²) in [7, 11) is 0. The molecule has 8 heteroatoms. The standard InChI is InChI=1S/C16H19F3N2O2.ClH/c1-2-21-8-13-12(14(13)9-21)7-20-15(22)10-4-3-5-11(6-10)23-16(17,18)19;/h3-6,12-14H,2,7-9H2,1H3,(H,20,22);1H. The fraction of sp³-hybridized carbons (Fsp3) is 0.562. The topological polar surface area (TPSA) is 41.6 Å². The van der Waals surface area contributed by atoms with E-state index in [4.69, 9.17) is 0 Å². The zero-order valence-corrected chi connectivity index (χ0v) is 14.0. The molecule has 0 aromatic heterocycles. The van der Waals surface area contributed by atoms with Crippen LogP contribution in [0.5, 0.6) is 5.75 Å². The third kappa shape index (κ3) is 4.33. The molecule has 2 unspecified atom stereocenters. The van der Waals surface area contributed by atoms with Gasteiger partial charge >= 0.3 is 6.36 Å². The minimum Gasteiger partial charge on any atom is -0.406 e. The largest absolute Gasteiger partial charge is 0.573 e. The van der Waals surface area contributed by atoms with Crippen LogP contribution in [0, 0.1) is 17.8 Å². The van der Waals surface area contributed by atoms with Gasteiger partial charge in [-0.05, 0) is 42.5 Å². The zero-order chi connectivity index (χ0) is 16.6. The second kappa shape index (κ2) is 7.19. The summed E-state index contributed by atoms with van der Waals surface area (Å²) in [6, 6.07) is 5.14. The van der Waals surface area contributed by atoms with E-state index in [1.807, 2.05) is 0 Å². The number of rotatable bonds is 5. The molecular weight excluding hydrogens is 345 g/mol. The Morgan fingerprint density at radius 2 is 2.00 bits per heavy atom. The molecule has 1 aliphatic heterocycles. The number of carbonyl (C=O) groups is 1. The molecule has 1 aliphatic carbocycles. The Balaban J connectivity index is 0.00000208. The van der Waals surface area contributed by atoms with Crippen LogP contribution in [0.15, 0.2) is 24.3 Å². The number of nitrogens with one attached hydrogen (secondary N) is 1. The van der Waals surface area contributed by atoms with E-state index in [0.29, 0.717) is 24.3 Å². The first-order valence-corrected chi connectivity index (χ1v) is 7.73. The average Bonchev–Trinajstić information content (AvgIpc) is 2.93. The molecule has 0 radical (unpaired) electrons. The maximum absolute atomic E-state index is 12.2. The van der Waals surface area contributed by atoms with E-state index in [2.05, 4.69) is 21.9 Å². The van der Waals surface area contributed by atoms with E-state index >= 15 is 0 Å². The zero-order valence-electron chi connectivity index (χ0n) is 13.2. The lowest BCUT2D eigenvalue weighted by molar-refractivity contribution is -0.274. The van der Waals surface area contributed by atoms with Crippen LogP contribution in [-0.2, 0) is 0 Å². The fourth-order valence-corrected chi connectivity index (χ4v) is 3.44. The van der Waals surface area contributed by atoms with Crippen molar-refractivity contribution in [1.29, 1.82) is 0 Å². The van der Waals surface area contributed by atoms with Crippen molar-refractivity contribution < 1.29 is 22.7 Å². The van der Waals surface area contributed by atoms with Gasteiger partial charge in [0.25, 0.3) is 5.91 Å². The van der Waals surface area contributed by atoms with E-state index in [-0.39, 0.29) is 29.6 Å². The van der Waals surface area contributed by atoms with Crippen LogP contribution in [0.4, 0.5) is 13.2 Å². The Morgan fingerprint density at radius 3 is 2.58 bits per heavy atom. The lowest BCUT2D eigenvalue weighted by Crippen LogP contribution is -2.30. The van der Waals surface area contributed by atoms with Crippen molar-refractivity contribution in [2.45, 2.75) is 13.3 Å². The minimum atomic E-state index is -4.76. The maximum atomic E-state index is 12.2. The summed E-state index contributed by atoms with van der Waals surface area (Å²) in [5.41, 5.74) is 0.174. The molecule has 2 aliphatic rings. The molecule has 1 amide bonds. The van der Waals surface area contributed by atoms with Crippen molar-refractivity contribution in [1.82, 2.24) is 10.2 Å². The highest BCUT2D eigenvalue weighted by Gasteiger charge is 2.54. The Kier molecular flexibility index (Phi) is 5.65. The van der Waals surface area contributed by atoms with Crippen LogP contribution >= 0.6 is 12.4 Å². The highest BCUT2D eigenvalue weighted by Crippen LogP contribution is 2.51. The molecular formula is C16H20ClF3N2O2. The van der Waals surface area contributed by atoms with Gasteiger partial charge in [0, 0.05) is 25.2 Å². The van der Waals surface area contributed by atoms with Crippen molar-refractivity contribution in [2.75, 3.05) is 26.2 Å². The fourth-order valence-electron chi connectivity index (χ4n) is 3.44. The normalized spacial score (nSPS) is 25.6. The molecule has 24 heavy (non-hydrogen) atoms. The maximum Gasteiger partial charge on any atom is 0.573 e. The second-order valence-electron chi connectivity index (χ2n) is 6.13. The smallest absolute Gasteiger partial charge is 0.406 e. The van der Waals surface area contributed by atoms with Gasteiger partial charge in [0.05, 0.1) is 0 Å². The number of fused-ring (bicyclic) bond motifs is 1. The van der Waals surface area contributed by atoms with E-state index in [1.54, 1.807) is 0 Å². The van der Waals surface area contributed by atoms with Gasteiger partial charge in [0.2, 0.25) is 0 Å². The number of piperidine rings is 1. The van der Waals surface area contributed by atoms with Gasteiger partial charge in [-0.1, -0.05) is 13.0 Å². The third-order valence-corrected chi connectivity index (χ3v) is 4.72. The van der Waals surface area contributed by atoms with E-state index in [1.165, 1.54) is 18.2 Å². The molecule has 0 bridgehead atoms. The summed E-state index contributed by atoms with van der Waals surface area (Å²) in [6.07, 6.45) is -4.76. The highest BCUT2D eigenvalue weighted by molar-refractivity contribution is 5.94. The summed E-state index contributed by atoms with van der Waals surface area (Å²) in [6.45, 7) is 5.93. The van der Waals surface area contributed by atoms with Crippen molar-refractivity contribution in [3.8, 4) is 5.75 Å². The number of halogens is 4. The van der Waals surface area contributed by atoms with Crippen LogP contribution in [0.25, 0.3) is 0 Å². The molecule has 1 heterocycles. The number of nitrogens with zero attached hydrogens (tertiary/aromatic N) is 1. The number of alkyl halides is 3. The second-order valence-corrected chi connectivity index (χ2v) is 6.13. The summed E-state index contributed by atoms with van der Waals surface area (Å²) in [4.78, 5) is 14.5. The minimum absolute atomic E-state index is 0. The summed E-state index contributed by atoms with van der Waals surface area (Å²) in [5.74, 6) is 1.05. The van der Waals surface area contributed by atoms with Gasteiger partial charge in [-0.15, -0.1) is 25.6 Å². The number of amides is 1. The SMILES string of the molecule is CCN1CC2C(CNC(=O)c3cccc(OC(F)(F)F)c3)C2C1.Cl. The molecule has 1 saturated carbocycles. The first-order chi connectivity index (χ1) is 10.9. The number of hydrogen-bond donors (Lipinski definition) is 1. The van der Waals surface area contributed by atoms with Crippen molar-refractivity contribution in [2.24, 2.45) is 17.8 Å². The van der Waals surface area contributed by atoms with Crippen LogP contribution in [0.2, 0.25) is 0 Å². The molecule has 3 rings (SSSR count). The Hall–Kier alpha value is -1.47. The third-order valence-electron chi connectivity index (χ3n) is 4.72. The number of carbonyl (C=O) groups excluding carboxylic acids is 1. The Bertz CT molecular complexity index is 585. The van der Waals surface area contributed by atoms with Gasteiger partial charge in [-0.3, -0.25) is 4.79 Å². The van der Waals surface area contributed by atoms with Gasteiger partial charge < -0.3 is 15.0 Å². The molecule has 1 N–H and O–H groups in total.